The van der Waals surface area contributed by atoms with E-state index in [0.717, 1.165) is 63.2 Å². The first-order valence-corrected chi connectivity index (χ1v) is 10.7. The number of aliphatic imine (C=N–C) groups is 1. The second kappa shape index (κ2) is 15.7. The van der Waals surface area contributed by atoms with Gasteiger partial charge in [-0.05, 0) is 25.0 Å². The Hall–Kier alpha value is -1.10. The summed E-state index contributed by atoms with van der Waals surface area (Å²) in [5, 5.41) is 6.76. The predicted molar refractivity (Wildman–Crippen MR) is 134 cm³/mol. The molecule has 0 aromatic heterocycles. The second-order valence-electron chi connectivity index (χ2n) is 7.53. The molecule has 1 saturated heterocycles. The van der Waals surface area contributed by atoms with Crippen LogP contribution in [0.2, 0.25) is 0 Å². The summed E-state index contributed by atoms with van der Waals surface area (Å²) in [6.07, 6.45) is 0.871. The van der Waals surface area contributed by atoms with Gasteiger partial charge in [0.2, 0.25) is 0 Å². The lowest BCUT2D eigenvalue weighted by atomic mass is 10.0. The van der Waals surface area contributed by atoms with Gasteiger partial charge in [0, 0.05) is 57.6 Å². The molecule has 30 heavy (non-hydrogen) atoms. The summed E-state index contributed by atoms with van der Waals surface area (Å²) < 4.78 is 16.4. The van der Waals surface area contributed by atoms with Gasteiger partial charge in [0.05, 0.1) is 26.4 Å². The average molecular weight is 534 g/mol. The van der Waals surface area contributed by atoms with E-state index in [9.17, 15) is 0 Å². The minimum atomic E-state index is 0. The van der Waals surface area contributed by atoms with Crippen molar-refractivity contribution in [2.45, 2.75) is 33.2 Å². The van der Waals surface area contributed by atoms with Crippen molar-refractivity contribution < 1.29 is 14.2 Å². The summed E-state index contributed by atoms with van der Waals surface area (Å²) in [6.45, 7) is 13.1. The number of rotatable bonds is 11. The minimum Gasteiger partial charge on any atom is -0.493 e. The maximum absolute atomic E-state index is 5.80. The molecule has 0 amide bonds. The van der Waals surface area contributed by atoms with Crippen LogP contribution in [-0.4, -0.2) is 76.6 Å². The number of halogens is 1. The lowest BCUT2D eigenvalue weighted by molar-refractivity contribution is 0.00869. The van der Waals surface area contributed by atoms with E-state index in [1.54, 1.807) is 7.11 Å². The highest BCUT2D eigenvalue weighted by atomic mass is 127. The van der Waals surface area contributed by atoms with E-state index >= 15 is 0 Å². The standard InChI is InChI=1S/C22H38N4O3.HI/c1-5-23-22(24-17-21(18(2)3)26-10-14-28-15-11-26)25-19-8-6-9-20(16-19)29-13-7-12-27-4;/h6,8-9,16,18,21H,5,7,10-15,17H2,1-4H3,(H2,23,24,25);1H. The molecule has 1 aliphatic heterocycles. The van der Waals surface area contributed by atoms with Crippen molar-refractivity contribution in [1.29, 1.82) is 0 Å². The molecule has 0 aliphatic carbocycles. The largest absolute Gasteiger partial charge is 0.493 e. The highest BCUT2D eigenvalue weighted by molar-refractivity contribution is 14.0. The first-order valence-electron chi connectivity index (χ1n) is 10.7. The van der Waals surface area contributed by atoms with Crippen LogP contribution < -0.4 is 15.4 Å². The summed E-state index contributed by atoms with van der Waals surface area (Å²) in [5.74, 6) is 2.17. The van der Waals surface area contributed by atoms with Crippen molar-refractivity contribution in [2.75, 3.05) is 65.0 Å². The van der Waals surface area contributed by atoms with Crippen molar-refractivity contribution in [3.05, 3.63) is 24.3 Å². The van der Waals surface area contributed by atoms with Crippen LogP contribution in [0.25, 0.3) is 0 Å². The summed E-state index contributed by atoms with van der Waals surface area (Å²) in [7, 11) is 1.70. The van der Waals surface area contributed by atoms with Crippen LogP contribution in [0.5, 0.6) is 5.75 Å². The number of hydrogen-bond donors (Lipinski definition) is 2. The molecule has 1 heterocycles. The quantitative estimate of drug-likeness (QED) is 0.196. The highest BCUT2D eigenvalue weighted by Gasteiger charge is 2.23. The van der Waals surface area contributed by atoms with Crippen molar-refractivity contribution >= 4 is 35.6 Å². The van der Waals surface area contributed by atoms with Gasteiger partial charge in [-0.2, -0.15) is 0 Å². The molecule has 2 N–H and O–H groups in total. The van der Waals surface area contributed by atoms with Crippen LogP contribution in [0.4, 0.5) is 5.69 Å². The number of guanidine groups is 1. The Morgan fingerprint density at radius 1 is 1.23 bits per heavy atom. The van der Waals surface area contributed by atoms with Crippen LogP contribution in [-0.2, 0) is 9.47 Å². The van der Waals surface area contributed by atoms with E-state index in [2.05, 4.69) is 36.3 Å². The van der Waals surface area contributed by atoms with E-state index in [4.69, 9.17) is 19.2 Å². The number of hydrogen-bond acceptors (Lipinski definition) is 5. The van der Waals surface area contributed by atoms with Gasteiger partial charge in [0.25, 0.3) is 0 Å². The lowest BCUT2D eigenvalue weighted by Crippen LogP contribution is -2.47. The third-order valence-corrected chi connectivity index (χ3v) is 4.92. The van der Waals surface area contributed by atoms with E-state index in [1.165, 1.54) is 0 Å². The molecule has 8 heteroatoms. The van der Waals surface area contributed by atoms with E-state index in [0.29, 0.717) is 25.2 Å². The normalized spacial score (nSPS) is 16.1. The third-order valence-electron chi connectivity index (χ3n) is 4.92. The van der Waals surface area contributed by atoms with E-state index in [1.807, 2.05) is 24.3 Å². The number of ether oxygens (including phenoxy) is 3. The maximum Gasteiger partial charge on any atom is 0.195 e. The molecule has 1 atom stereocenters. The Morgan fingerprint density at radius 2 is 2.00 bits per heavy atom. The predicted octanol–water partition coefficient (Wildman–Crippen LogP) is 3.45. The molecule has 7 nitrogen and oxygen atoms in total. The molecule has 1 unspecified atom stereocenters. The van der Waals surface area contributed by atoms with Crippen LogP contribution >= 0.6 is 24.0 Å². The first-order chi connectivity index (χ1) is 14.1. The number of nitrogens with zero attached hydrogens (tertiary/aromatic N) is 2. The van der Waals surface area contributed by atoms with Crippen molar-refractivity contribution in [2.24, 2.45) is 10.9 Å². The molecular weight excluding hydrogens is 495 g/mol. The number of benzene rings is 1. The average Bonchev–Trinajstić information content (AvgIpc) is 2.72. The molecule has 0 bridgehead atoms. The fraction of sp³-hybridized carbons (Fsp3) is 0.682. The van der Waals surface area contributed by atoms with E-state index < -0.39 is 0 Å². The fourth-order valence-electron chi connectivity index (χ4n) is 3.34. The third kappa shape index (κ3) is 9.80. The summed E-state index contributed by atoms with van der Waals surface area (Å²) in [4.78, 5) is 7.37. The van der Waals surface area contributed by atoms with Crippen LogP contribution in [0.3, 0.4) is 0 Å². The van der Waals surface area contributed by atoms with Crippen LogP contribution in [0, 0.1) is 5.92 Å². The van der Waals surface area contributed by atoms with Gasteiger partial charge in [-0.1, -0.05) is 19.9 Å². The second-order valence-corrected chi connectivity index (χ2v) is 7.53. The molecule has 172 valence electrons. The Morgan fingerprint density at radius 3 is 2.67 bits per heavy atom. The Balaban J connectivity index is 0.00000450. The highest BCUT2D eigenvalue weighted by Crippen LogP contribution is 2.18. The number of morpholine rings is 1. The summed E-state index contributed by atoms with van der Waals surface area (Å²) >= 11 is 0. The maximum atomic E-state index is 5.80. The van der Waals surface area contributed by atoms with Crippen molar-refractivity contribution in [3.8, 4) is 5.75 Å². The molecule has 1 fully saturated rings. The lowest BCUT2D eigenvalue weighted by Gasteiger charge is -2.36. The molecule has 0 spiro atoms. The van der Waals surface area contributed by atoms with Crippen molar-refractivity contribution in [3.63, 3.8) is 0 Å². The number of methoxy groups -OCH3 is 1. The molecule has 1 aromatic carbocycles. The van der Waals surface area contributed by atoms with Gasteiger partial charge < -0.3 is 24.8 Å². The van der Waals surface area contributed by atoms with Crippen LogP contribution in [0.15, 0.2) is 29.3 Å². The molecule has 1 aromatic rings. The zero-order valence-electron chi connectivity index (χ0n) is 18.9. The Bertz CT molecular complexity index is 610. The zero-order valence-corrected chi connectivity index (χ0v) is 21.2. The topological polar surface area (TPSA) is 67.4 Å². The molecule has 2 rings (SSSR count). The van der Waals surface area contributed by atoms with Gasteiger partial charge in [-0.15, -0.1) is 24.0 Å². The van der Waals surface area contributed by atoms with Gasteiger partial charge >= 0.3 is 0 Å². The summed E-state index contributed by atoms with van der Waals surface area (Å²) in [5.41, 5.74) is 0.960. The minimum absolute atomic E-state index is 0. The fourth-order valence-corrected chi connectivity index (χ4v) is 3.34. The molecular formula is C22H39IN4O3. The Labute approximate surface area is 199 Å². The van der Waals surface area contributed by atoms with E-state index in [-0.39, 0.29) is 24.0 Å². The molecule has 0 radical (unpaired) electrons. The van der Waals surface area contributed by atoms with Crippen LogP contribution in [0.1, 0.15) is 27.2 Å². The van der Waals surface area contributed by atoms with Crippen molar-refractivity contribution in [1.82, 2.24) is 10.2 Å². The van der Waals surface area contributed by atoms with Gasteiger partial charge in [0.1, 0.15) is 5.75 Å². The SMILES string of the molecule is CCNC(=NCC(C(C)C)N1CCOCC1)Nc1cccc(OCCCOC)c1.I. The Kier molecular flexibility index (Phi) is 14.1. The summed E-state index contributed by atoms with van der Waals surface area (Å²) in [6, 6.07) is 8.39. The van der Waals surface area contributed by atoms with Gasteiger partial charge in [0.15, 0.2) is 5.96 Å². The van der Waals surface area contributed by atoms with Gasteiger partial charge in [-0.25, -0.2) is 0 Å². The van der Waals surface area contributed by atoms with Gasteiger partial charge in [-0.3, -0.25) is 9.89 Å². The zero-order chi connectivity index (χ0) is 20.9. The number of nitrogens with one attached hydrogen (secondary N) is 2. The monoisotopic (exact) mass is 534 g/mol. The smallest absolute Gasteiger partial charge is 0.195 e. The molecule has 1 aliphatic rings. The molecule has 0 saturated carbocycles. The first kappa shape index (κ1) is 26.9. The number of anilines is 1.